The Hall–Kier alpha value is -3.07. The fourth-order valence-electron chi connectivity index (χ4n) is 3.88. The number of hydrogen-bond donors (Lipinski definition) is 1. The van der Waals surface area contributed by atoms with Crippen LogP contribution in [-0.2, 0) is 26.2 Å². The number of anilines is 1. The Balaban J connectivity index is 2.23. The van der Waals surface area contributed by atoms with Gasteiger partial charge in [-0.25, -0.2) is 8.42 Å². The molecule has 2 aromatic rings. The Morgan fingerprint density at radius 3 is 2.32 bits per heavy atom. The van der Waals surface area contributed by atoms with Gasteiger partial charge in [-0.15, -0.1) is 0 Å². The Bertz CT molecular complexity index is 1090. The molecule has 0 heterocycles. The van der Waals surface area contributed by atoms with E-state index in [0.29, 0.717) is 30.8 Å². The fraction of sp³-hybridized carbons (Fsp3) is 0.440. The van der Waals surface area contributed by atoms with Crippen LogP contribution < -0.4 is 14.4 Å². The van der Waals surface area contributed by atoms with Crippen LogP contribution in [0.25, 0.3) is 0 Å². The van der Waals surface area contributed by atoms with Crippen molar-refractivity contribution in [3.63, 3.8) is 0 Å². The Labute approximate surface area is 202 Å². The molecule has 0 fully saturated rings. The second-order valence-corrected chi connectivity index (χ2v) is 10.0. The summed E-state index contributed by atoms with van der Waals surface area (Å²) in [6, 6.07) is 14.0. The molecule has 1 N–H and O–H groups in total. The third-order valence-electron chi connectivity index (χ3n) is 5.74. The highest BCUT2D eigenvalue weighted by molar-refractivity contribution is 7.92. The summed E-state index contributed by atoms with van der Waals surface area (Å²) in [5.41, 5.74) is 2.42. The van der Waals surface area contributed by atoms with E-state index in [1.807, 2.05) is 38.1 Å². The highest BCUT2D eigenvalue weighted by Gasteiger charge is 2.28. The van der Waals surface area contributed by atoms with Crippen molar-refractivity contribution in [2.75, 3.05) is 31.3 Å². The molecule has 34 heavy (non-hydrogen) atoms. The van der Waals surface area contributed by atoms with Crippen molar-refractivity contribution in [1.82, 2.24) is 10.2 Å². The molecule has 0 aliphatic carbocycles. The number of amides is 2. The molecule has 0 spiro atoms. The van der Waals surface area contributed by atoms with Crippen LogP contribution in [0.5, 0.6) is 5.75 Å². The van der Waals surface area contributed by atoms with Gasteiger partial charge >= 0.3 is 0 Å². The lowest BCUT2D eigenvalue weighted by Gasteiger charge is -2.31. The maximum absolute atomic E-state index is 13.3. The summed E-state index contributed by atoms with van der Waals surface area (Å²) >= 11 is 0. The maximum Gasteiger partial charge on any atom is 0.242 e. The zero-order valence-corrected chi connectivity index (χ0v) is 21.4. The van der Waals surface area contributed by atoms with Gasteiger partial charge in [0.1, 0.15) is 11.8 Å². The number of ether oxygens (including phenoxy) is 1. The molecular formula is C25H35N3O5S. The molecule has 9 heteroatoms. The van der Waals surface area contributed by atoms with Crippen LogP contribution in [0.4, 0.5) is 5.69 Å². The van der Waals surface area contributed by atoms with E-state index in [-0.39, 0.29) is 24.8 Å². The van der Waals surface area contributed by atoms with Gasteiger partial charge in [-0.2, -0.15) is 0 Å². The second kappa shape index (κ2) is 12.4. The Kier molecular flexibility index (Phi) is 9.92. The fourth-order valence-corrected chi connectivity index (χ4v) is 4.84. The molecule has 0 radical (unpaired) electrons. The zero-order valence-electron chi connectivity index (χ0n) is 20.6. The molecule has 1 unspecified atom stereocenters. The van der Waals surface area contributed by atoms with Gasteiger partial charge in [0, 0.05) is 26.6 Å². The van der Waals surface area contributed by atoms with Crippen LogP contribution in [0.3, 0.4) is 0 Å². The minimum absolute atomic E-state index is 0.0978. The molecule has 0 saturated carbocycles. The van der Waals surface area contributed by atoms with Gasteiger partial charge in [-0.3, -0.25) is 13.9 Å². The average molecular weight is 490 g/mol. The lowest BCUT2D eigenvalue weighted by Crippen LogP contribution is -2.48. The summed E-state index contributed by atoms with van der Waals surface area (Å²) in [7, 11) is -0.561. The van der Waals surface area contributed by atoms with Gasteiger partial charge < -0.3 is 15.0 Å². The molecule has 1 atom stereocenters. The van der Waals surface area contributed by atoms with Crippen molar-refractivity contribution >= 4 is 27.5 Å². The summed E-state index contributed by atoms with van der Waals surface area (Å²) in [5.74, 6) is 0.00879. The summed E-state index contributed by atoms with van der Waals surface area (Å²) < 4.78 is 31.6. The van der Waals surface area contributed by atoms with Crippen molar-refractivity contribution < 1.29 is 22.7 Å². The minimum Gasteiger partial charge on any atom is -0.495 e. The molecule has 186 valence electrons. The van der Waals surface area contributed by atoms with Crippen molar-refractivity contribution in [1.29, 1.82) is 0 Å². The number of likely N-dealkylation sites (N-methyl/N-ethyl adjacent to an activating group) is 1. The first-order chi connectivity index (χ1) is 16.1. The van der Waals surface area contributed by atoms with E-state index in [0.717, 1.165) is 17.4 Å². The van der Waals surface area contributed by atoms with Gasteiger partial charge in [-0.05, 0) is 43.0 Å². The Morgan fingerprint density at radius 1 is 1.09 bits per heavy atom. The largest absolute Gasteiger partial charge is 0.495 e. The molecule has 2 amide bonds. The number of hydrogen-bond acceptors (Lipinski definition) is 5. The molecule has 0 aliphatic heterocycles. The predicted molar refractivity (Wildman–Crippen MR) is 134 cm³/mol. The molecule has 2 rings (SSSR count). The highest BCUT2D eigenvalue weighted by Crippen LogP contribution is 2.29. The van der Waals surface area contributed by atoms with Crippen molar-refractivity contribution in [3.05, 3.63) is 59.7 Å². The summed E-state index contributed by atoms with van der Waals surface area (Å²) in [6.07, 6.45) is 1.98. The summed E-state index contributed by atoms with van der Waals surface area (Å²) in [6.45, 7) is 4.25. The molecule has 8 nitrogen and oxygen atoms in total. The van der Waals surface area contributed by atoms with Gasteiger partial charge in [0.2, 0.25) is 21.8 Å². The zero-order chi connectivity index (χ0) is 25.3. The van der Waals surface area contributed by atoms with E-state index >= 15 is 0 Å². The van der Waals surface area contributed by atoms with Crippen LogP contribution in [0.15, 0.2) is 48.5 Å². The minimum atomic E-state index is -3.60. The average Bonchev–Trinajstić information content (AvgIpc) is 2.81. The first kappa shape index (κ1) is 27.2. The second-order valence-electron chi connectivity index (χ2n) is 8.10. The smallest absolute Gasteiger partial charge is 0.242 e. The molecule has 0 aromatic heterocycles. The third kappa shape index (κ3) is 6.96. The SMILES string of the molecule is CCC(C(=O)NC)N(Cc1ccccc1C)C(=O)CCCN(c1ccccc1OC)S(C)(=O)=O. The standard InChI is InChI=1S/C25H35N3O5S/c1-6-21(25(30)26-3)27(18-20-13-8-7-12-19(20)2)24(29)16-11-17-28(34(5,31)32)22-14-9-10-15-23(22)33-4/h7-10,12-15,21H,6,11,16-18H2,1-5H3,(H,26,30). The summed E-state index contributed by atoms with van der Waals surface area (Å²) in [4.78, 5) is 27.4. The van der Waals surface area contributed by atoms with Crippen LogP contribution in [0.1, 0.15) is 37.3 Å². The van der Waals surface area contributed by atoms with Gasteiger partial charge in [0.25, 0.3) is 0 Å². The van der Waals surface area contributed by atoms with E-state index < -0.39 is 16.1 Å². The number of rotatable bonds is 12. The number of para-hydroxylation sites is 2. The monoisotopic (exact) mass is 489 g/mol. The number of nitrogens with zero attached hydrogens (tertiary/aromatic N) is 2. The molecule has 0 saturated heterocycles. The van der Waals surface area contributed by atoms with Crippen LogP contribution in [0.2, 0.25) is 0 Å². The first-order valence-corrected chi connectivity index (χ1v) is 13.1. The number of carbonyl (C=O) groups is 2. The predicted octanol–water partition coefficient (Wildman–Crippen LogP) is 3.10. The van der Waals surface area contributed by atoms with E-state index in [9.17, 15) is 18.0 Å². The van der Waals surface area contributed by atoms with Crippen LogP contribution >= 0.6 is 0 Å². The first-order valence-electron chi connectivity index (χ1n) is 11.3. The number of sulfonamides is 1. The van der Waals surface area contributed by atoms with Crippen LogP contribution in [-0.4, -0.2) is 58.1 Å². The molecule has 0 aliphatic rings. The Morgan fingerprint density at radius 2 is 1.74 bits per heavy atom. The topological polar surface area (TPSA) is 96.0 Å². The van der Waals surface area contributed by atoms with E-state index in [2.05, 4.69) is 5.32 Å². The highest BCUT2D eigenvalue weighted by atomic mass is 32.2. The number of methoxy groups -OCH3 is 1. The van der Waals surface area contributed by atoms with Crippen molar-refractivity contribution in [3.8, 4) is 5.75 Å². The molecular weight excluding hydrogens is 454 g/mol. The van der Waals surface area contributed by atoms with Gasteiger partial charge in [0.05, 0.1) is 19.1 Å². The van der Waals surface area contributed by atoms with Crippen molar-refractivity contribution in [2.45, 2.75) is 45.7 Å². The van der Waals surface area contributed by atoms with E-state index in [1.165, 1.54) is 11.4 Å². The lowest BCUT2D eigenvalue weighted by molar-refractivity contribution is -0.141. The normalized spacial score (nSPS) is 12.0. The lowest BCUT2D eigenvalue weighted by atomic mass is 10.1. The number of carbonyl (C=O) groups excluding carboxylic acids is 2. The number of benzene rings is 2. The van der Waals surface area contributed by atoms with Crippen LogP contribution in [0, 0.1) is 6.92 Å². The van der Waals surface area contributed by atoms with Gasteiger partial charge in [0.15, 0.2) is 0 Å². The molecule has 2 aromatic carbocycles. The number of aryl methyl sites for hydroxylation is 1. The van der Waals surface area contributed by atoms with Crippen molar-refractivity contribution in [2.24, 2.45) is 0 Å². The van der Waals surface area contributed by atoms with E-state index in [4.69, 9.17) is 4.74 Å². The van der Waals surface area contributed by atoms with Gasteiger partial charge in [-0.1, -0.05) is 43.3 Å². The summed E-state index contributed by atoms with van der Waals surface area (Å²) in [5, 5.41) is 2.65. The molecule has 0 bridgehead atoms. The maximum atomic E-state index is 13.3. The van der Waals surface area contributed by atoms with E-state index in [1.54, 1.807) is 36.2 Å². The number of nitrogens with one attached hydrogen (secondary N) is 1. The third-order valence-corrected chi connectivity index (χ3v) is 6.92. The quantitative estimate of drug-likeness (QED) is 0.494.